The summed E-state index contributed by atoms with van der Waals surface area (Å²) in [5.41, 5.74) is 0. The number of rotatable bonds is 7. The minimum Gasteiger partial charge on any atom is -0.393 e. The number of aliphatic hydroxyl groups excluding tert-OH is 1. The van der Waals surface area contributed by atoms with Crippen LogP contribution in [0.15, 0.2) is 4.99 Å². The number of likely N-dealkylation sites (tertiary alicyclic amines) is 1. The van der Waals surface area contributed by atoms with Crippen LogP contribution in [0.5, 0.6) is 0 Å². The number of aliphatic imine (C=N–C) groups is 1. The SMILES string of the molecule is CCNC(=NCCCCOC1CCCCCC1)N1CCC(O)CC1.I. The molecule has 148 valence electrons. The fourth-order valence-corrected chi connectivity index (χ4v) is 3.56. The summed E-state index contributed by atoms with van der Waals surface area (Å²) in [6, 6.07) is 0. The van der Waals surface area contributed by atoms with E-state index in [0.29, 0.717) is 6.10 Å². The van der Waals surface area contributed by atoms with E-state index in [1.807, 2.05) is 0 Å². The zero-order valence-corrected chi connectivity index (χ0v) is 18.2. The Balaban J connectivity index is 0.00000312. The largest absolute Gasteiger partial charge is 0.393 e. The van der Waals surface area contributed by atoms with Crippen LogP contribution in [0.2, 0.25) is 0 Å². The maximum absolute atomic E-state index is 9.64. The first kappa shape index (κ1) is 23.0. The molecule has 1 heterocycles. The van der Waals surface area contributed by atoms with Crippen LogP contribution in [0, 0.1) is 0 Å². The Morgan fingerprint density at radius 2 is 1.76 bits per heavy atom. The van der Waals surface area contributed by atoms with E-state index < -0.39 is 0 Å². The molecule has 1 saturated heterocycles. The van der Waals surface area contributed by atoms with Gasteiger partial charge in [-0.05, 0) is 45.4 Å². The minimum absolute atomic E-state index is 0. The topological polar surface area (TPSA) is 57.1 Å². The van der Waals surface area contributed by atoms with Gasteiger partial charge in [-0.15, -0.1) is 24.0 Å². The van der Waals surface area contributed by atoms with E-state index in [1.165, 1.54) is 38.5 Å². The number of nitrogens with one attached hydrogen (secondary N) is 1. The Labute approximate surface area is 171 Å². The summed E-state index contributed by atoms with van der Waals surface area (Å²) >= 11 is 0. The molecular weight excluding hydrogens is 429 g/mol. The van der Waals surface area contributed by atoms with Gasteiger partial charge in [0.15, 0.2) is 5.96 Å². The molecule has 0 spiro atoms. The highest BCUT2D eigenvalue weighted by atomic mass is 127. The van der Waals surface area contributed by atoms with Crippen LogP contribution in [0.3, 0.4) is 0 Å². The van der Waals surface area contributed by atoms with Crippen LogP contribution in [0.1, 0.15) is 71.1 Å². The lowest BCUT2D eigenvalue weighted by molar-refractivity contribution is 0.0412. The van der Waals surface area contributed by atoms with Gasteiger partial charge in [0, 0.05) is 32.8 Å². The third kappa shape index (κ3) is 9.43. The molecule has 1 saturated carbocycles. The molecule has 0 aromatic carbocycles. The number of piperidine rings is 1. The van der Waals surface area contributed by atoms with Gasteiger partial charge in [0.05, 0.1) is 12.2 Å². The van der Waals surface area contributed by atoms with Crippen LogP contribution in [-0.2, 0) is 4.74 Å². The summed E-state index contributed by atoms with van der Waals surface area (Å²) in [5, 5.41) is 13.0. The summed E-state index contributed by atoms with van der Waals surface area (Å²) < 4.78 is 6.04. The molecular formula is C19H38IN3O2. The van der Waals surface area contributed by atoms with Crippen molar-refractivity contribution in [3.05, 3.63) is 0 Å². The molecule has 0 aromatic rings. The molecule has 5 nitrogen and oxygen atoms in total. The average molecular weight is 467 g/mol. The van der Waals surface area contributed by atoms with Gasteiger partial charge in [-0.25, -0.2) is 0 Å². The van der Waals surface area contributed by atoms with E-state index in [9.17, 15) is 5.11 Å². The van der Waals surface area contributed by atoms with Gasteiger partial charge < -0.3 is 20.1 Å². The molecule has 0 bridgehead atoms. The molecule has 0 aromatic heterocycles. The Hall–Kier alpha value is -0.0800. The predicted molar refractivity (Wildman–Crippen MR) is 115 cm³/mol. The third-order valence-corrected chi connectivity index (χ3v) is 5.07. The predicted octanol–water partition coefficient (Wildman–Crippen LogP) is 3.55. The second kappa shape index (κ2) is 14.0. The van der Waals surface area contributed by atoms with Gasteiger partial charge in [-0.3, -0.25) is 4.99 Å². The van der Waals surface area contributed by atoms with Crippen molar-refractivity contribution in [2.45, 2.75) is 83.3 Å². The van der Waals surface area contributed by atoms with Crippen LogP contribution in [0.4, 0.5) is 0 Å². The Bertz CT molecular complexity index is 353. The average Bonchev–Trinajstić information content (AvgIpc) is 2.86. The van der Waals surface area contributed by atoms with E-state index in [4.69, 9.17) is 9.73 Å². The van der Waals surface area contributed by atoms with E-state index >= 15 is 0 Å². The van der Waals surface area contributed by atoms with Crippen LogP contribution in [0.25, 0.3) is 0 Å². The number of halogens is 1. The molecule has 1 aliphatic heterocycles. The van der Waals surface area contributed by atoms with Crippen molar-refractivity contribution in [1.82, 2.24) is 10.2 Å². The van der Waals surface area contributed by atoms with E-state index in [1.54, 1.807) is 0 Å². The Morgan fingerprint density at radius 1 is 1.08 bits per heavy atom. The van der Waals surface area contributed by atoms with Crippen LogP contribution < -0.4 is 5.32 Å². The van der Waals surface area contributed by atoms with E-state index in [2.05, 4.69) is 17.1 Å². The number of hydrogen-bond acceptors (Lipinski definition) is 3. The van der Waals surface area contributed by atoms with Crippen molar-refractivity contribution in [2.75, 3.05) is 32.8 Å². The lowest BCUT2D eigenvalue weighted by Gasteiger charge is -2.32. The van der Waals surface area contributed by atoms with Crippen molar-refractivity contribution >= 4 is 29.9 Å². The number of nitrogens with zero attached hydrogens (tertiary/aromatic N) is 2. The quantitative estimate of drug-likeness (QED) is 0.198. The highest BCUT2D eigenvalue weighted by Gasteiger charge is 2.19. The summed E-state index contributed by atoms with van der Waals surface area (Å²) in [7, 11) is 0. The van der Waals surface area contributed by atoms with Gasteiger partial charge in [-0.1, -0.05) is 25.7 Å². The highest BCUT2D eigenvalue weighted by molar-refractivity contribution is 14.0. The molecule has 2 N–H and O–H groups in total. The molecule has 25 heavy (non-hydrogen) atoms. The molecule has 6 heteroatoms. The zero-order chi connectivity index (χ0) is 17.0. The molecule has 0 unspecified atom stereocenters. The molecule has 2 rings (SSSR count). The van der Waals surface area contributed by atoms with Gasteiger partial charge in [0.1, 0.15) is 0 Å². The van der Waals surface area contributed by atoms with Gasteiger partial charge in [-0.2, -0.15) is 0 Å². The molecule has 2 aliphatic rings. The summed E-state index contributed by atoms with van der Waals surface area (Å²) in [4.78, 5) is 7.03. The van der Waals surface area contributed by atoms with Crippen molar-refractivity contribution in [3.8, 4) is 0 Å². The van der Waals surface area contributed by atoms with Crippen molar-refractivity contribution in [1.29, 1.82) is 0 Å². The van der Waals surface area contributed by atoms with Crippen LogP contribution in [-0.4, -0.2) is 61.0 Å². The lowest BCUT2D eigenvalue weighted by Crippen LogP contribution is -2.46. The second-order valence-corrected chi connectivity index (χ2v) is 7.15. The summed E-state index contributed by atoms with van der Waals surface area (Å²) in [6.45, 7) is 6.54. The van der Waals surface area contributed by atoms with Crippen molar-refractivity contribution < 1.29 is 9.84 Å². The molecule has 2 fully saturated rings. The Kier molecular flexibility index (Phi) is 12.9. The standard InChI is InChI=1S/C19H37N3O2.HI/c1-2-20-19(22-14-11-17(23)12-15-22)21-13-7-8-16-24-18-9-5-3-4-6-10-18;/h17-18,23H,2-16H2,1H3,(H,20,21);1H. The normalized spacial score (nSPS) is 20.9. The smallest absolute Gasteiger partial charge is 0.193 e. The van der Waals surface area contributed by atoms with Crippen molar-refractivity contribution in [3.63, 3.8) is 0 Å². The maximum Gasteiger partial charge on any atom is 0.193 e. The van der Waals surface area contributed by atoms with Crippen molar-refractivity contribution in [2.24, 2.45) is 4.99 Å². The molecule has 0 radical (unpaired) electrons. The van der Waals surface area contributed by atoms with Crippen LogP contribution >= 0.6 is 24.0 Å². The van der Waals surface area contributed by atoms with E-state index in [0.717, 1.165) is 64.4 Å². The van der Waals surface area contributed by atoms with E-state index in [-0.39, 0.29) is 30.1 Å². The number of ether oxygens (including phenoxy) is 1. The van der Waals surface area contributed by atoms with Gasteiger partial charge >= 0.3 is 0 Å². The summed E-state index contributed by atoms with van der Waals surface area (Å²) in [5.74, 6) is 1.01. The molecule has 1 aliphatic carbocycles. The maximum atomic E-state index is 9.64. The minimum atomic E-state index is -0.134. The molecule has 0 atom stereocenters. The number of aliphatic hydroxyl groups is 1. The zero-order valence-electron chi connectivity index (χ0n) is 15.9. The molecule has 0 amide bonds. The first-order valence-electron chi connectivity index (χ1n) is 10.1. The lowest BCUT2D eigenvalue weighted by atomic mass is 10.1. The van der Waals surface area contributed by atoms with Gasteiger partial charge in [0.25, 0.3) is 0 Å². The number of guanidine groups is 1. The first-order chi connectivity index (χ1) is 11.8. The Morgan fingerprint density at radius 3 is 2.40 bits per heavy atom. The monoisotopic (exact) mass is 467 g/mol. The highest BCUT2D eigenvalue weighted by Crippen LogP contribution is 2.20. The fraction of sp³-hybridized carbons (Fsp3) is 0.947. The fourth-order valence-electron chi connectivity index (χ4n) is 3.56. The summed E-state index contributed by atoms with van der Waals surface area (Å²) in [6.07, 6.45) is 12.2. The number of hydrogen-bond donors (Lipinski definition) is 2. The number of unbranched alkanes of at least 4 members (excludes halogenated alkanes) is 1. The third-order valence-electron chi connectivity index (χ3n) is 5.07. The first-order valence-corrected chi connectivity index (χ1v) is 10.1. The van der Waals surface area contributed by atoms with Gasteiger partial charge in [0.2, 0.25) is 0 Å². The second-order valence-electron chi connectivity index (χ2n) is 7.15.